The first-order chi connectivity index (χ1) is 22.2. The van der Waals surface area contributed by atoms with Crippen LogP contribution in [0.5, 0.6) is 0 Å². The number of nitriles is 2. The number of aryl methyl sites for hydroxylation is 1. The first-order valence-electron chi connectivity index (χ1n) is 13.9. The zero-order chi connectivity index (χ0) is 32.3. The number of hydrogen-bond donors (Lipinski definition) is 0. The third-order valence-electron chi connectivity index (χ3n) is 8.32. The van der Waals surface area contributed by atoms with Gasteiger partial charge in [-0.2, -0.15) is 13.2 Å². The second-order valence-electron chi connectivity index (χ2n) is 10.9. The van der Waals surface area contributed by atoms with Gasteiger partial charge < -0.3 is 0 Å². The predicted molar refractivity (Wildman–Crippen MR) is 172 cm³/mol. The van der Waals surface area contributed by atoms with Crippen molar-refractivity contribution in [1.82, 2.24) is 0 Å². The van der Waals surface area contributed by atoms with Gasteiger partial charge in [0.05, 0.1) is 30.8 Å². The summed E-state index contributed by atoms with van der Waals surface area (Å²) in [5.74, 6) is 0. The summed E-state index contributed by atoms with van der Waals surface area (Å²) in [6, 6.07) is 28.5. The van der Waals surface area contributed by atoms with E-state index in [2.05, 4.69) is 15.8 Å². The van der Waals surface area contributed by atoms with E-state index in [1.54, 1.807) is 0 Å². The van der Waals surface area contributed by atoms with Crippen molar-refractivity contribution in [2.75, 3.05) is 0 Å². The summed E-state index contributed by atoms with van der Waals surface area (Å²) in [7, 11) is 0. The molecule has 1 aromatic heterocycles. The van der Waals surface area contributed by atoms with Gasteiger partial charge in [-0.3, -0.25) is 0 Å². The molecule has 5 aromatic rings. The van der Waals surface area contributed by atoms with Gasteiger partial charge in [-0.1, -0.05) is 66.2 Å². The summed E-state index contributed by atoms with van der Waals surface area (Å²) >= 11 is 1.34. The Morgan fingerprint density at radius 2 is 1.04 bits per heavy atom. The first kappa shape index (κ1) is 28.6. The summed E-state index contributed by atoms with van der Waals surface area (Å²) in [6.45, 7) is 17.6. The van der Waals surface area contributed by atoms with Crippen LogP contribution in [0.25, 0.3) is 65.3 Å². The summed E-state index contributed by atoms with van der Waals surface area (Å²) in [4.78, 5) is 8.51. The summed E-state index contributed by atoms with van der Waals surface area (Å²) in [5.41, 5.74) is 8.97. The van der Waals surface area contributed by atoms with Crippen LogP contribution >= 0.6 is 11.3 Å². The zero-order valence-corrected chi connectivity index (χ0v) is 24.7. The third-order valence-corrected chi connectivity index (χ3v) is 9.54. The van der Waals surface area contributed by atoms with Crippen molar-refractivity contribution in [3.63, 3.8) is 0 Å². The fourth-order valence-corrected chi connectivity index (χ4v) is 7.63. The fourth-order valence-electron chi connectivity index (χ4n) is 6.18. The highest BCUT2D eigenvalue weighted by molar-refractivity contribution is 7.16. The highest BCUT2D eigenvalue weighted by Crippen LogP contribution is 2.62. The van der Waals surface area contributed by atoms with Crippen molar-refractivity contribution in [2.24, 2.45) is 0 Å². The first-order valence-corrected chi connectivity index (χ1v) is 14.8. The molecule has 2 aliphatic carbocycles. The van der Waals surface area contributed by atoms with Crippen molar-refractivity contribution in [1.29, 1.82) is 10.5 Å². The van der Waals surface area contributed by atoms with Gasteiger partial charge in [-0.15, -0.1) is 11.3 Å². The Labute approximate surface area is 266 Å². The highest BCUT2D eigenvalue weighted by atomic mass is 32.1. The van der Waals surface area contributed by atoms with Crippen molar-refractivity contribution < 1.29 is 13.2 Å². The molecule has 4 nitrogen and oxygen atoms in total. The molecule has 2 aliphatic rings. The van der Waals surface area contributed by atoms with Crippen LogP contribution in [0.1, 0.15) is 32.0 Å². The van der Waals surface area contributed by atoms with E-state index in [-0.39, 0.29) is 11.4 Å². The number of allylic oxidation sites excluding steroid dienone is 2. The molecule has 0 fully saturated rings. The molecule has 7 rings (SSSR count). The Kier molecular flexibility index (Phi) is 6.50. The van der Waals surface area contributed by atoms with Crippen LogP contribution < -0.4 is 0 Å². The SMILES string of the molecule is [C-]#[N+]/C(C#N)=C1/c2cc(-c3ccc(C(F)(F)F)cc3)ccc2-c2c1sc1c2-c2ccc(-c3ccc(C)cc3)cc2/C1=C(/C#N)[N+]#[C-]. The lowest BCUT2D eigenvalue weighted by Gasteiger charge is -2.11. The molecule has 1 heterocycles. The Morgan fingerprint density at radius 1 is 0.630 bits per heavy atom. The van der Waals surface area contributed by atoms with Crippen LogP contribution in [0.15, 0.2) is 96.3 Å². The number of benzene rings is 4. The fraction of sp³-hybridized carbons (Fsp3) is 0.0526. The largest absolute Gasteiger partial charge is 0.416 e. The topological polar surface area (TPSA) is 56.3 Å². The molecule has 0 aliphatic heterocycles. The predicted octanol–water partition coefficient (Wildman–Crippen LogP) is 10.8. The van der Waals surface area contributed by atoms with Gasteiger partial charge >= 0.3 is 6.18 Å². The quantitative estimate of drug-likeness (QED) is 0.143. The molecule has 0 spiro atoms. The second-order valence-corrected chi connectivity index (χ2v) is 11.9. The number of rotatable bonds is 2. The molecule has 0 saturated carbocycles. The van der Waals surface area contributed by atoms with E-state index in [0.29, 0.717) is 32.7 Å². The van der Waals surface area contributed by atoms with Gasteiger partial charge in [0, 0.05) is 32.0 Å². The van der Waals surface area contributed by atoms with Gasteiger partial charge in [0.2, 0.25) is 0 Å². The molecule has 4 aromatic carbocycles. The second kappa shape index (κ2) is 10.5. The standard InChI is InChI=1S/C38H17F3N4S/c1-20-4-6-21(7-5-20)23-10-14-26-28(16-23)32(30(18-42)44-2)36-34(26)35-27-15-11-24(22-8-12-25(13-9-22)38(39,40)41)17-29(27)33(37(35)46-36)31(19-43)45-3/h4-17H,1H3/b32-30+,33-31-. The average Bonchev–Trinajstić information content (AvgIpc) is 3.68. The summed E-state index contributed by atoms with van der Waals surface area (Å²) < 4.78 is 39.6. The summed E-state index contributed by atoms with van der Waals surface area (Å²) in [6.07, 6.45) is -4.46. The van der Waals surface area contributed by atoms with Crippen LogP contribution in [0, 0.1) is 42.7 Å². The Morgan fingerprint density at radius 3 is 1.43 bits per heavy atom. The monoisotopic (exact) mass is 618 g/mol. The molecule has 0 amide bonds. The number of halogens is 3. The van der Waals surface area contributed by atoms with E-state index in [1.807, 2.05) is 73.7 Å². The maximum Gasteiger partial charge on any atom is 0.416 e. The molecule has 0 radical (unpaired) electrons. The van der Waals surface area contributed by atoms with Crippen molar-refractivity contribution >= 4 is 22.5 Å². The van der Waals surface area contributed by atoms with E-state index in [1.165, 1.54) is 23.5 Å². The lowest BCUT2D eigenvalue weighted by atomic mass is 9.94. The summed E-state index contributed by atoms with van der Waals surface area (Å²) in [5, 5.41) is 20.0. The minimum atomic E-state index is -4.46. The highest BCUT2D eigenvalue weighted by Gasteiger charge is 2.39. The lowest BCUT2D eigenvalue weighted by molar-refractivity contribution is -0.137. The van der Waals surface area contributed by atoms with Crippen LogP contribution in [0.2, 0.25) is 0 Å². The molecular formula is C38H17F3N4S. The minimum absolute atomic E-state index is 0.0462. The molecular weight excluding hydrogens is 602 g/mol. The van der Waals surface area contributed by atoms with E-state index in [0.717, 1.165) is 61.5 Å². The third kappa shape index (κ3) is 4.25. The molecule has 0 atom stereocenters. The normalized spacial score (nSPS) is 14.5. The molecule has 8 heteroatoms. The van der Waals surface area contributed by atoms with Crippen molar-refractivity contribution in [3.05, 3.63) is 151 Å². The number of alkyl halides is 3. The number of thiophene rings is 1. The maximum absolute atomic E-state index is 13.2. The number of fused-ring (bicyclic) bond motifs is 7. The molecule has 216 valence electrons. The van der Waals surface area contributed by atoms with Crippen molar-refractivity contribution in [3.8, 4) is 56.6 Å². The van der Waals surface area contributed by atoms with Gasteiger partial charge in [0.1, 0.15) is 0 Å². The zero-order valence-electron chi connectivity index (χ0n) is 23.9. The van der Waals surface area contributed by atoms with Crippen LogP contribution in [0.4, 0.5) is 13.2 Å². The van der Waals surface area contributed by atoms with Crippen LogP contribution in [0.3, 0.4) is 0 Å². The van der Waals surface area contributed by atoms with Gasteiger partial charge in [0.25, 0.3) is 11.4 Å². The Balaban J connectivity index is 1.47. The number of hydrogen-bond acceptors (Lipinski definition) is 3. The average molecular weight is 619 g/mol. The number of nitrogens with zero attached hydrogens (tertiary/aromatic N) is 4. The molecule has 0 N–H and O–H groups in total. The van der Waals surface area contributed by atoms with Crippen LogP contribution in [-0.4, -0.2) is 0 Å². The van der Waals surface area contributed by atoms with E-state index in [4.69, 9.17) is 13.1 Å². The molecule has 0 unspecified atom stereocenters. The van der Waals surface area contributed by atoms with E-state index in [9.17, 15) is 23.7 Å². The van der Waals surface area contributed by atoms with Gasteiger partial charge in [0.15, 0.2) is 0 Å². The van der Waals surface area contributed by atoms with Crippen molar-refractivity contribution in [2.45, 2.75) is 13.1 Å². The van der Waals surface area contributed by atoms with Gasteiger partial charge in [-0.05, 0) is 75.7 Å². The molecule has 46 heavy (non-hydrogen) atoms. The molecule has 0 saturated heterocycles. The lowest BCUT2D eigenvalue weighted by Crippen LogP contribution is -2.03. The van der Waals surface area contributed by atoms with Crippen LogP contribution in [-0.2, 0) is 6.18 Å². The van der Waals surface area contributed by atoms with E-state index < -0.39 is 11.7 Å². The smallest absolute Gasteiger partial charge is 0.226 e. The Hall–Kier alpha value is -6.19. The molecule has 0 bridgehead atoms. The van der Waals surface area contributed by atoms with E-state index >= 15 is 0 Å². The Bertz CT molecular complexity index is 2350. The maximum atomic E-state index is 13.2. The minimum Gasteiger partial charge on any atom is -0.226 e. The van der Waals surface area contributed by atoms with Gasteiger partial charge in [-0.25, -0.2) is 20.2 Å².